The number of amides is 2. The third kappa shape index (κ3) is 3.67. The van der Waals surface area contributed by atoms with Crippen LogP contribution in [0.4, 0.5) is 11.4 Å². The highest BCUT2D eigenvalue weighted by Gasteiger charge is 2.27. The lowest BCUT2D eigenvalue weighted by atomic mass is 10.2. The fraction of sp³-hybridized carbons (Fsp3) is 0.176. The van der Waals surface area contributed by atoms with Gasteiger partial charge in [0, 0.05) is 13.1 Å². The maximum atomic E-state index is 11.4. The van der Waals surface area contributed by atoms with Gasteiger partial charge in [-0.15, -0.1) is 0 Å². The lowest BCUT2D eigenvalue weighted by molar-refractivity contribution is -0.135. The number of nitrogens with one attached hydrogen (secondary N) is 2. The van der Waals surface area contributed by atoms with Crippen LogP contribution in [0.1, 0.15) is 5.56 Å². The highest BCUT2D eigenvalue weighted by Crippen LogP contribution is 2.34. The first-order chi connectivity index (χ1) is 11.2. The summed E-state index contributed by atoms with van der Waals surface area (Å²) in [6.07, 6.45) is 0. The van der Waals surface area contributed by atoms with Gasteiger partial charge in [-0.3, -0.25) is 9.59 Å². The number of ether oxygens (including phenoxy) is 1. The van der Waals surface area contributed by atoms with Crippen LogP contribution in [0.25, 0.3) is 0 Å². The molecule has 0 atom stereocenters. The predicted molar refractivity (Wildman–Crippen MR) is 85.5 cm³/mol. The summed E-state index contributed by atoms with van der Waals surface area (Å²) in [5.41, 5.74) is 2.07. The topological polar surface area (TPSA) is 81.5 Å². The average Bonchev–Trinajstić information content (AvgIpc) is 2.57. The van der Waals surface area contributed by atoms with Crippen molar-refractivity contribution < 1.29 is 14.3 Å². The van der Waals surface area contributed by atoms with Gasteiger partial charge >= 0.3 is 11.8 Å². The fourth-order valence-corrected chi connectivity index (χ4v) is 2.24. The zero-order valence-corrected chi connectivity index (χ0v) is 12.4. The molecule has 0 bridgehead atoms. The van der Waals surface area contributed by atoms with E-state index in [2.05, 4.69) is 28.1 Å². The number of benzene rings is 2. The zero-order valence-electron chi connectivity index (χ0n) is 12.4. The number of hydrogen-bond donors (Lipinski definition) is 2. The number of anilines is 1. The first-order valence-electron chi connectivity index (χ1n) is 7.31. The van der Waals surface area contributed by atoms with Crippen molar-refractivity contribution in [3.8, 4) is 5.75 Å². The first-order valence-corrected chi connectivity index (χ1v) is 7.31. The second-order valence-electron chi connectivity index (χ2n) is 5.03. The summed E-state index contributed by atoms with van der Waals surface area (Å²) in [7, 11) is 0. The third-order valence-corrected chi connectivity index (χ3v) is 3.36. The van der Waals surface area contributed by atoms with Crippen LogP contribution in [0.3, 0.4) is 0 Å². The highest BCUT2D eigenvalue weighted by atomic mass is 16.5. The Kier molecular flexibility index (Phi) is 4.54. The molecule has 0 saturated heterocycles. The van der Waals surface area contributed by atoms with Crippen molar-refractivity contribution in [3.63, 3.8) is 0 Å². The van der Waals surface area contributed by atoms with Crippen LogP contribution in [-0.4, -0.2) is 25.0 Å². The Morgan fingerprint density at radius 2 is 1.87 bits per heavy atom. The summed E-state index contributed by atoms with van der Waals surface area (Å²) in [5, 5.41) is 9.55. The van der Waals surface area contributed by atoms with Crippen LogP contribution in [-0.2, 0) is 16.1 Å². The smallest absolute Gasteiger partial charge is 0.336 e. The molecule has 0 unspecified atom stereocenters. The monoisotopic (exact) mass is 310 g/mol. The van der Waals surface area contributed by atoms with Gasteiger partial charge in [0.25, 0.3) is 0 Å². The molecule has 1 aliphatic heterocycles. The maximum absolute atomic E-state index is 11.4. The van der Waals surface area contributed by atoms with Crippen LogP contribution in [0.2, 0.25) is 0 Å². The van der Waals surface area contributed by atoms with E-state index in [1.54, 1.807) is 18.2 Å². The van der Waals surface area contributed by atoms with Crippen LogP contribution in [0.15, 0.2) is 48.5 Å². The Labute approximate surface area is 133 Å². The lowest BCUT2D eigenvalue weighted by Crippen LogP contribution is -2.33. The second kappa shape index (κ2) is 6.93. The molecule has 23 heavy (non-hydrogen) atoms. The SMILES string of the molecule is O=C1[N]c2c(cccc2OCCNCc2ccccc2)NC1=O. The Morgan fingerprint density at radius 1 is 1.04 bits per heavy atom. The molecular weight excluding hydrogens is 294 g/mol. The van der Waals surface area contributed by atoms with Gasteiger partial charge in [-0.25, -0.2) is 0 Å². The van der Waals surface area contributed by atoms with Gasteiger partial charge in [0.15, 0.2) is 0 Å². The van der Waals surface area contributed by atoms with Gasteiger partial charge in [-0.1, -0.05) is 36.4 Å². The molecule has 0 spiro atoms. The van der Waals surface area contributed by atoms with E-state index in [0.29, 0.717) is 30.3 Å². The quantitative estimate of drug-likeness (QED) is 0.627. The number of fused-ring (bicyclic) bond motifs is 1. The molecule has 6 heteroatoms. The highest BCUT2D eigenvalue weighted by molar-refractivity contribution is 6.42. The Morgan fingerprint density at radius 3 is 2.70 bits per heavy atom. The molecule has 0 saturated carbocycles. The number of rotatable bonds is 6. The molecule has 0 aliphatic carbocycles. The zero-order chi connectivity index (χ0) is 16.1. The van der Waals surface area contributed by atoms with Crippen molar-refractivity contribution in [2.75, 3.05) is 18.5 Å². The Bertz CT molecular complexity index is 716. The molecule has 0 fully saturated rings. The number of nitrogens with zero attached hydrogens (tertiary/aromatic N) is 1. The molecular formula is C17H16N3O3. The number of carbonyl (C=O) groups excluding carboxylic acids is 2. The summed E-state index contributed by atoms with van der Waals surface area (Å²) in [5.74, 6) is -1.05. The van der Waals surface area contributed by atoms with Crippen molar-refractivity contribution in [2.24, 2.45) is 0 Å². The van der Waals surface area contributed by atoms with E-state index in [4.69, 9.17) is 4.74 Å². The van der Waals surface area contributed by atoms with Gasteiger partial charge in [-0.05, 0) is 17.7 Å². The van der Waals surface area contributed by atoms with Gasteiger partial charge in [0.05, 0.1) is 5.69 Å². The van der Waals surface area contributed by atoms with Crippen LogP contribution < -0.4 is 20.7 Å². The standard InChI is InChI=1S/C17H16N3O3/c21-16-17(22)20-15-13(19-16)7-4-8-14(15)23-10-9-18-11-12-5-2-1-3-6-12/h1-8,18H,9-11H2,(H,19,21). The van der Waals surface area contributed by atoms with E-state index >= 15 is 0 Å². The van der Waals surface area contributed by atoms with Crippen molar-refractivity contribution in [3.05, 3.63) is 54.1 Å². The molecule has 3 rings (SSSR count). The molecule has 117 valence electrons. The Balaban J connectivity index is 1.52. The summed E-state index contributed by atoms with van der Waals surface area (Å²) < 4.78 is 5.67. The number of carbonyl (C=O) groups is 2. The van der Waals surface area contributed by atoms with Crippen LogP contribution in [0, 0.1) is 0 Å². The molecule has 2 amide bonds. The van der Waals surface area contributed by atoms with Crippen molar-refractivity contribution >= 4 is 23.2 Å². The van der Waals surface area contributed by atoms with E-state index in [-0.39, 0.29) is 0 Å². The molecule has 2 aromatic rings. The van der Waals surface area contributed by atoms with E-state index < -0.39 is 11.8 Å². The van der Waals surface area contributed by atoms with E-state index in [1.807, 2.05) is 18.2 Å². The normalized spacial score (nSPS) is 13.0. The second-order valence-corrected chi connectivity index (χ2v) is 5.03. The molecule has 2 aromatic carbocycles. The van der Waals surface area contributed by atoms with Gasteiger partial charge in [-0.2, -0.15) is 5.32 Å². The fourth-order valence-electron chi connectivity index (χ4n) is 2.24. The van der Waals surface area contributed by atoms with Crippen molar-refractivity contribution in [2.45, 2.75) is 6.54 Å². The van der Waals surface area contributed by atoms with Crippen molar-refractivity contribution in [1.82, 2.24) is 10.6 Å². The minimum atomic E-state index is -0.809. The van der Waals surface area contributed by atoms with Gasteiger partial charge in [0.1, 0.15) is 18.0 Å². The summed E-state index contributed by atoms with van der Waals surface area (Å²) in [4.78, 5) is 22.7. The lowest BCUT2D eigenvalue weighted by Gasteiger charge is -2.18. The van der Waals surface area contributed by atoms with Crippen LogP contribution in [0.5, 0.6) is 5.75 Å². The van der Waals surface area contributed by atoms with E-state index in [9.17, 15) is 9.59 Å². The molecule has 1 aliphatic rings. The molecule has 1 heterocycles. The molecule has 2 N–H and O–H groups in total. The largest absolute Gasteiger partial charge is 0.490 e. The van der Waals surface area contributed by atoms with Gasteiger partial charge < -0.3 is 15.4 Å². The first kappa shape index (κ1) is 15.1. The average molecular weight is 310 g/mol. The van der Waals surface area contributed by atoms with Crippen molar-refractivity contribution in [1.29, 1.82) is 0 Å². The Hall–Kier alpha value is -2.86. The van der Waals surface area contributed by atoms with Gasteiger partial charge in [0.2, 0.25) is 0 Å². The molecule has 1 radical (unpaired) electrons. The third-order valence-electron chi connectivity index (χ3n) is 3.36. The van der Waals surface area contributed by atoms with Crippen LogP contribution >= 0.6 is 0 Å². The molecule has 6 nitrogen and oxygen atoms in total. The summed E-state index contributed by atoms with van der Waals surface area (Å²) in [6, 6.07) is 15.2. The van der Waals surface area contributed by atoms with E-state index in [1.165, 1.54) is 5.56 Å². The number of hydrogen-bond acceptors (Lipinski definition) is 4. The summed E-state index contributed by atoms with van der Waals surface area (Å²) >= 11 is 0. The number of para-hydroxylation sites is 1. The molecule has 0 aromatic heterocycles. The van der Waals surface area contributed by atoms with E-state index in [0.717, 1.165) is 6.54 Å². The predicted octanol–water partition coefficient (Wildman–Crippen LogP) is 1.57. The minimum absolute atomic E-state index is 0.375. The maximum Gasteiger partial charge on any atom is 0.336 e. The summed E-state index contributed by atoms with van der Waals surface area (Å²) in [6.45, 7) is 1.84. The minimum Gasteiger partial charge on any atom is -0.490 e.